The number of carboxylic acids is 1. The molecule has 2 saturated heterocycles. The van der Waals surface area contributed by atoms with E-state index in [1.807, 2.05) is 12.2 Å². The summed E-state index contributed by atoms with van der Waals surface area (Å²) < 4.78 is 15.1. The van der Waals surface area contributed by atoms with Crippen LogP contribution in [0.15, 0.2) is 25.3 Å². The van der Waals surface area contributed by atoms with Crippen molar-refractivity contribution in [3.05, 3.63) is 25.3 Å². The number of hydrogen-bond donors (Lipinski definition) is 1. The Labute approximate surface area is 207 Å². The molecule has 34 heavy (non-hydrogen) atoms. The van der Waals surface area contributed by atoms with Crippen molar-refractivity contribution in [1.82, 2.24) is 0 Å². The van der Waals surface area contributed by atoms with Gasteiger partial charge in [-0.15, -0.1) is 13.2 Å². The molecule has 0 aliphatic carbocycles. The molecule has 0 spiro atoms. The average Bonchev–Trinajstić information content (AvgIpc) is 3.74. The van der Waals surface area contributed by atoms with E-state index in [-0.39, 0.29) is 24.1 Å². The summed E-state index contributed by atoms with van der Waals surface area (Å²) in [4.78, 5) is 22.3. The Morgan fingerprint density at radius 2 is 1.32 bits per heavy atom. The molecule has 2 aliphatic rings. The fourth-order valence-electron chi connectivity index (χ4n) is 3.76. The molecule has 2 fully saturated rings. The van der Waals surface area contributed by atoms with Gasteiger partial charge in [0.1, 0.15) is 12.7 Å². The van der Waals surface area contributed by atoms with E-state index in [1.165, 1.54) is 44.9 Å². The third kappa shape index (κ3) is 19.8. The van der Waals surface area contributed by atoms with Crippen LogP contribution in [0.1, 0.15) is 103 Å². The molecule has 0 aromatic carbocycles. The number of ether oxygens (including phenoxy) is 3. The van der Waals surface area contributed by atoms with Gasteiger partial charge < -0.3 is 19.3 Å². The summed E-state index contributed by atoms with van der Waals surface area (Å²) in [6.45, 7) is 9.34. The minimum absolute atomic E-state index is 0.0767. The highest BCUT2D eigenvalue weighted by Crippen LogP contribution is 2.24. The van der Waals surface area contributed by atoms with Gasteiger partial charge in [0, 0.05) is 6.42 Å². The summed E-state index contributed by atoms with van der Waals surface area (Å²) in [5.74, 6) is -0.935. The van der Waals surface area contributed by atoms with Gasteiger partial charge in [-0.3, -0.25) is 9.59 Å². The lowest BCUT2D eigenvalue weighted by atomic mass is 9.96. The fraction of sp³-hybridized carbons (Fsp3) is 0.786. The largest absolute Gasteiger partial charge is 0.481 e. The Morgan fingerprint density at radius 1 is 0.824 bits per heavy atom. The maximum atomic E-state index is 11.3. The van der Waals surface area contributed by atoms with Crippen LogP contribution >= 0.6 is 0 Å². The van der Waals surface area contributed by atoms with Gasteiger partial charge in [0.05, 0.1) is 25.2 Å². The Balaban J connectivity index is 0.000000340. The summed E-state index contributed by atoms with van der Waals surface area (Å²) in [5, 5.41) is 9.06. The topological polar surface area (TPSA) is 88.7 Å². The van der Waals surface area contributed by atoms with E-state index < -0.39 is 5.97 Å². The Kier molecular flexibility index (Phi) is 18.5. The highest BCUT2D eigenvalue weighted by Gasteiger charge is 2.29. The van der Waals surface area contributed by atoms with Gasteiger partial charge in [0.15, 0.2) is 0 Å². The molecule has 1 N–H and O–H groups in total. The number of aliphatic carboxylic acids is 1. The van der Waals surface area contributed by atoms with Crippen LogP contribution < -0.4 is 0 Å². The highest BCUT2D eigenvalue weighted by molar-refractivity contribution is 5.70. The molecule has 0 radical (unpaired) electrons. The van der Waals surface area contributed by atoms with Crippen molar-refractivity contribution < 1.29 is 28.9 Å². The van der Waals surface area contributed by atoms with Crippen LogP contribution in [0.5, 0.6) is 0 Å². The van der Waals surface area contributed by atoms with Gasteiger partial charge in [-0.05, 0) is 44.9 Å². The van der Waals surface area contributed by atoms with Crippen LogP contribution in [0.2, 0.25) is 0 Å². The number of epoxide rings is 2. The molecule has 6 heteroatoms. The molecular weight excluding hydrogens is 432 g/mol. The number of carbonyl (C=O) groups is 2. The van der Waals surface area contributed by atoms with Crippen LogP contribution in [0, 0.1) is 5.92 Å². The molecule has 0 bridgehead atoms. The molecule has 2 rings (SSSR count). The first-order chi connectivity index (χ1) is 16.6. The smallest absolute Gasteiger partial charge is 0.306 e. The lowest BCUT2D eigenvalue weighted by molar-refractivity contribution is -0.144. The van der Waals surface area contributed by atoms with E-state index >= 15 is 0 Å². The predicted molar refractivity (Wildman–Crippen MR) is 136 cm³/mol. The molecule has 2 aliphatic heterocycles. The molecule has 0 aromatic rings. The number of hydrogen-bond acceptors (Lipinski definition) is 5. The van der Waals surface area contributed by atoms with Gasteiger partial charge in [0.2, 0.25) is 0 Å². The number of carbonyl (C=O) groups excluding carboxylic acids is 1. The summed E-state index contributed by atoms with van der Waals surface area (Å²) in [7, 11) is 0. The normalized spacial score (nSPS) is 18.8. The van der Waals surface area contributed by atoms with Crippen molar-refractivity contribution in [1.29, 1.82) is 0 Å². The zero-order valence-electron chi connectivity index (χ0n) is 21.2. The molecule has 2 heterocycles. The van der Waals surface area contributed by atoms with Gasteiger partial charge in [-0.25, -0.2) is 0 Å². The molecule has 196 valence electrons. The molecule has 0 saturated carbocycles. The van der Waals surface area contributed by atoms with Crippen molar-refractivity contribution >= 4 is 11.9 Å². The summed E-state index contributed by atoms with van der Waals surface area (Å²) >= 11 is 0. The molecule has 3 unspecified atom stereocenters. The van der Waals surface area contributed by atoms with Gasteiger partial charge in [-0.1, -0.05) is 63.5 Å². The maximum absolute atomic E-state index is 11.3. The molecule has 6 nitrogen and oxygen atoms in total. The predicted octanol–water partition coefficient (Wildman–Crippen LogP) is 6.63. The van der Waals surface area contributed by atoms with E-state index in [2.05, 4.69) is 13.2 Å². The number of rotatable bonds is 22. The summed E-state index contributed by atoms with van der Waals surface area (Å²) in [6, 6.07) is 0. The van der Waals surface area contributed by atoms with E-state index in [0.717, 1.165) is 58.2 Å². The molecule has 3 atom stereocenters. The van der Waals surface area contributed by atoms with Crippen molar-refractivity contribution in [2.45, 2.75) is 115 Å². The second kappa shape index (κ2) is 20.7. The van der Waals surface area contributed by atoms with Gasteiger partial charge in [0.25, 0.3) is 0 Å². The quantitative estimate of drug-likeness (QED) is 0.0810. The monoisotopic (exact) mass is 480 g/mol. The number of allylic oxidation sites excluding steroid dienone is 2. The van der Waals surface area contributed by atoms with E-state index in [0.29, 0.717) is 19.4 Å². The fourth-order valence-corrected chi connectivity index (χ4v) is 3.76. The Hall–Kier alpha value is -1.66. The van der Waals surface area contributed by atoms with Crippen LogP contribution in [-0.2, 0) is 23.8 Å². The van der Waals surface area contributed by atoms with Crippen molar-refractivity contribution in [2.75, 3.05) is 19.8 Å². The minimum atomic E-state index is -0.660. The lowest BCUT2D eigenvalue weighted by Gasteiger charge is -2.10. The van der Waals surface area contributed by atoms with Crippen molar-refractivity contribution in [2.24, 2.45) is 5.92 Å². The van der Waals surface area contributed by atoms with Gasteiger partial charge >= 0.3 is 11.9 Å². The third-order valence-corrected chi connectivity index (χ3v) is 6.13. The zero-order valence-corrected chi connectivity index (χ0v) is 21.2. The maximum Gasteiger partial charge on any atom is 0.306 e. The van der Waals surface area contributed by atoms with Gasteiger partial charge in [-0.2, -0.15) is 0 Å². The van der Waals surface area contributed by atoms with Crippen LogP contribution in [-0.4, -0.2) is 49.1 Å². The molecule has 0 amide bonds. The summed E-state index contributed by atoms with van der Waals surface area (Å²) in [5.41, 5.74) is 0. The Bertz CT molecular complexity index is 551. The lowest BCUT2D eigenvalue weighted by Crippen LogP contribution is -2.15. The van der Waals surface area contributed by atoms with Crippen molar-refractivity contribution in [3.63, 3.8) is 0 Å². The SMILES string of the molecule is C=CCCCCCCCC(CC1CO1)C(=O)O.C=CCCCCCCCCC(=O)OCC1CO1. The van der Waals surface area contributed by atoms with Crippen molar-refractivity contribution in [3.8, 4) is 0 Å². The zero-order chi connectivity index (χ0) is 24.9. The minimum Gasteiger partial charge on any atom is -0.481 e. The highest BCUT2D eigenvalue weighted by atomic mass is 16.6. The number of unbranched alkanes of at least 4 members (excludes halogenated alkanes) is 11. The third-order valence-electron chi connectivity index (χ3n) is 6.13. The first-order valence-corrected chi connectivity index (χ1v) is 13.4. The Morgan fingerprint density at radius 3 is 1.82 bits per heavy atom. The molecular formula is C28H48O6. The first kappa shape index (κ1) is 30.4. The van der Waals surface area contributed by atoms with Crippen LogP contribution in [0.25, 0.3) is 0 Å². The second-order valence-corrected chi connectivity index (χ2v) is 9.45. The van der Waals surface area contributed by atoms with E-state index in [1.54, 1.807) is 0 Å². The number of carboxylic acid groups (broad SMARTS) is 1. The van der Waals surface area contributed by atoms with Crippen LogP contribution in [0.4, 0.5) is 0 Å². The summed E-state index contributed by atoms with van der Waals surface area (Å²) in [6.07, 6.45) is 21.5. The second-order valence-electron chi connectivity index (χ2n) is 9.45. The molecule has 0 aromatic heterocycles. The first-order valence-electron chi connectivity index (χ1n) is 13.4. The average molecular weight is 481 g/mol. The van der Waals surface area contributed by atoms with E-state index in [4.69, 9.17) is 19.3 Å². The van der Waals surface area contributed by atoms with E-state index in [9.17, 15) is 9.59 Å². The standard InChI is InChI=1S/2C14H24O3/c1-2-3-4-5-6-7-8-9-12(14(15)16)10-13-11-17-13;1-2-3-4-5-6-7-8-9-10-14(15)17-12-13-11-16-13/h2,12-13H,1,3-11H2,(H,15,16);2,13H,1,3-12H2. The number of esters is 1. The van der Waals surface area contributed by atoms with Crippen LogP contribution in [0.3, 0.4) is 0 Å².